The van der Waals surface area contributed by atoms with Crippen molar-refractivity contribution in [3.05, 3.63) is 53.9 Å². The van der Waals surface area contributed by atoms with Crippen molar-refractivity contribution in [2.45, 2.75) is 32.3 Å². The summed E-state index contributed by atoms with van der Waals surface area (Å²) in [7, 11) is 0. The Balaban J connectivity index is 1.47. The minimum atomic E-state index is -1.06. The van der Waals surface area contributed by atoms with Gasteiger partial charge in [0.2, 0.25) is 5.82 Å². The molecule has 0 bridgehead atoms. The summed E-state index contributed by atoms with van der Waals surface area (Å²) in [6, 6.07) is 8.55. The summed E-state index contributed by atoms with van der Waals surface area (Å²) < 4.78 is 18.5. The summed E-state index contributed by atoms with van der Waals surface area (Å²) in [5, 5.41) is 24.3. The van der Waals surface area contributed by atoms with Gasteiger partial charge in [-0.3, -0.25) is 14.7 Å². The minimum absolute atomic E-state index is 0.298. The van der Waals surface area contributed by atoms with Gasteiger partial charge in [0.1, 0.15) is 28.8 Å². The molecule has 1 saturated heterocycles. The monoisotopic (exact) mass is 543 g/mol. The van der Waals surface area contributed by atoms with Crippen LogP contribution < -0.4 is 19.5 Å². The molecule has 3 N–H and O–H groups in total. The number of aromatic nitrogens is 6. The number of hydrogen-bond donors (Lipinski definition) is 3. The summed E-state index contributed by atoms with van der Waals surface area (Å²) in [6.07, 6.45) is 4.42. The van der Waals surface area contributed by atoms with Crippen molar-refractivity contribution >= 4 is 11.6 Å². The van der Waals surface area contributed by atoms with E-state index in [4.69, 9.17) is 14.2 Å². The molecule has 6 rings (SSSR count). The van der Waals surface area contributed by atoms with Gasteiger partial charge in [0.15, 0.2) is 11.6 Å². The topological polar surface area (TPSA) is 157 Å². The van der Waals surface area contributed by atoms with Crippen LogP contribution in [0.15, 0.2) is 42.7 Å². The number of Topliss-reactive ketones (excluding diaryl/α,β-unsaturated/α-hetero) is 2. The Bertz CT molecular complexity index is 1500. The number of rotatable bonds is 8. The fraction of sp³-hybridized carbons (Fsp3) is 0.357. The number of ether oxygens (including phenoxy) is 3. The Kier molecular flexibility index (Phi) is 6.76. The number of nitrogens with one attached hydrogen (secondary N) is 3. The summed E-state index contributed by atoms with van der Waals surface area (Å²) in [5.74, 6) is 0.0348. The van der Waals surface area contributed by atoms with E-state index in [-0.39, 0.29) is 11.6 Å². The standard InChI is InChI=1S/C28H29N7O5/c1-3-38-21-12-17(13-22(39-4-2)23(21)18-14-30-31-15-18)25(36)24-26(37)19-11-16(27-32-34-35-33-27)5-6-20(19)40-28(24)7-9-29-10-8-28/h5-6,11-15,24,29H,3-4,7-10H2,1-2H3,(H,30,31)(H,32,33,34,35). The van der Waals surface area contributed by atoms with Crippen LogP contribution in [0.3, 0.4) is 0 Å². The Morgan fingerprint density at radius 1 is 1.07 bits per heavy atom. The molecule has 0 radical (unpaired) electrons. The van der Waals surface area contributed by atoms with E-state index in [9.17, 15) is 9.59 Å². The Labute approximate surface area is 229 Å². The van der Waals surface area contributed by atoms with E-state index in [0.29, 0.717) is 84.5 Å². The van der Waals surface area contributed by atoms with Crippen molar-refractivity contribution < 1.29 is 23.8 Å². The second-order valence-electron chi connectivity index (χ2n) is 9.73. The van der Waals surface area contributed by atoms with Gasteiger partial charge < -0.3 is 19.5 Å². The zero-order valence-electron chi connectivity index (χ0n) is 22.2. The molecule has 2 aliphatic heterocycles. The highest BCUT2D eigenvalue weighted by Gasteiger charge is 2.54. The highest BCUT2D eigenvalue weighted by atomic mass is 16.5. The fourth-order valence-electron chi connectivity index (χ4n) is 5.62. The van der Waals surface area contributed by atoms with Crippen LogP contribution in [0.4, 0.5) is 0 Å². The number of H-pyrrole nitrogens is 2. The first-order valence-corrected chi connectivity index (χ1v) is 13.3. The molecule has 2 aromatic heterocycles. The lowest BCUT2D eigenvalue weighted by molar-refractivity contribution is -0.0138. The van der Waals surface area contributed by atoms with E-state index in [2.05, 4.69) is 36.1 Å². The van der Waals surface area contributed by atoms with Crippen molar-refractivity contribution in [3.8, 4) is 39.8 Å². The van der Waals surface area contributed by atoms with E-state index in [1.54, 1.807) is 42.7 Å². The lowest BCUT2D eigenvalue weighted by Gasteiger charge is -2.45. The first-order chi connectivity index (χ1) is 19.5. The molecule has 0 saturated carbocycles. The predicted molar refractivity (Wildman–Crippen MR) is 144 cm³/mol. The molecule has 2 aromatic carbocycles. The Hall–Kier alpha value is -4.58. The highest BCUT2D eigenvalue weighted by molar-refractivity contribution is 6.19. The van der Waals surface area contributed by atoms with Gasteiger partial charge >= 0.3 is 0 Å². The molecule has 0 amide bonds. The average Bonchev–Trinajstić information content (AvgIpc) is 3.69. The number of piperidine rings is 1. The number of nitrogens with zero attached hydrogens (tertiary/aromatic N) is 4. The Morgan fingerprint density at radius 2 is 1.82 bits per heavy atom. The number of fused-ring (bicyclic) bond motifs is 1. The number of carbonyl (C=O) groups is 2. The minimum Gasteiger partial charge on any atom is -0.493 e. The first-order valence-electron chi connectivity index (χ1n) is 13.3. The van der Waals surface area contributed by atoms with E-state index in [0.717, 1.165) is 5.56 Å². The largest absolute Gasteiger partial charge is 0.493 e. The van der Waals surface area contributed by atoms with Crippen LogP contribution in [-0.4, -0.2) is 74.3 Å². The second-order valence-corrected chi connectivity index (χ2v) is 9.73. The van der Waals surface area contributed by atoms with Crippen molar-refractivity contribution in [1.29, 1.82) is 0 Å². The molecule has 1 atom stereocenters. The number of aromatic amines is 2. The quantitative estimate of drug-likeness (QED) is 0.223. The molecule has 1 spiro atoms. The number of benzene rings is 2. The lowest BCUT2D eigenvalue weighted by atomic mass is 9.70. The van der Waals surface area contributed by atoms with Gasteiger partial charge in [-0.05, 0) is 62.5 Å². The summed E-state index contributed by atoms with van der Waals surface area (Å²) in [5.41, 5.74) is 1.69. The molecular formula is C28H29N7O5. The number of carbonyl (C=O) groups excluding carboxylic acids is 2. The van der Waals surface area contributed by atoms with Gasteiger partial charge in [0.05, 0.1) is 30.5 Å². The van der Waals surface area contributed by atoms with Gasteiger partial charge in [0.25, 0.3) is 0 Å². The van der Waals surface area contributed by atoms with Crippen molar-refractivity contribution in [2.75, 3.05) is 26.3 Å². The van der Waals surface area contributed by atoms with Gasteiger partial charge in [-0.25, -0.2) is 0 Å². The van der Waals surface area contributed by atoms with E-state index in [1.165, 1.54) is 0 Å². The molecule has 4 aromatic rings. The molecule has 40 heavy (non-hydrogen) atoms. The van der Waals surface area contributed by atoms with Crippen LogP contribution in [0.5, 0.6) is 17.2 Å². The molecule has 1 fully saturated rings. The van der Waals surface area contributed by atoms with E-state index >= 15 is 0 Å². The van der Waals surface area contributed by atoms with Crippen molar-refractivity contribution in [3.63, 3.8) is 0 Å². The zero-order valence-corrected chi connectivity index (χ0v) is 22.2. The third kappa shape index (κ3) is 4.39. The maximum Gasteiger partial charge on any atom is 0.204 e. The predicted octanol–water partition coefficient (Wildman–Crippen LogP) is 3.25. The second kappa shape index (κ2) is 10.5. The Morgan fingerprint density at radius 3 is 2.45 bits per heavy atom. The third-order valence-electron chi connectivity index (χ3n) is 7.40. The molecule has 12 heteroatoms. The van der Waals surface area contributed by atoms with Crippen molar-refractivity contribution in [1.82, 2.24) is 36.1 Å². The molecule has 4 heterocycles. The van der Waals surface area contributed by atoms with Crippen LogP contribution in [0.1, 0.15) is 47.4 Å². The highest BCUT2D eigenvalue weighted by Crippen LogP contribution is 2.46. The zero-order chi connectivity index (χ0) is 27.7. The van der Waals surface area contributed by atoms with E-state index < -0.39 is 11.5 Å². The van der Waals surface area contributed by atoms with Gasteiger partial charge in [-0.1, -0.05) is 0 Å². The van der Waals surface area contributed by atoms with Crippen LogP contribution in [-0.2, 0) is 0 Å². The SMILES string of the molecule is CCOc1cc(C(=O)C2C(=O)c3cc(-c4nn[nH]n4)ccc3OC23CCNCC3)cc(OCC)c1-c1cn[nH]c1. The number of ketones is 2. The summed E-state index contributed by atoms with van der Waals surface area (Å²) in [6.45, 7) is 5.74. The first kappa shape index (κ1) is 25.7. The molecule has 2 aliphatic rings. The molecular weight excluding hydrogens is 514 g/mol. The van der Waals surface area contributed by atoms with Gasteiger partial charge in [-0.2, -0.15) is 10.3 Å². The average molecular weight is 544 g/mol. The van der Waals surface area contributed by atoms with Crippen LogP contribution in [0, 0.1) is 5.92 Å². The van der Waals surface area contributed by atoms with E-state index in [1.807, 2.05) is 13.8 Å². The van der Waals surface area contributed by atoms with Crippen LogP contribution in [0.25, 0.3) is 22.5 Å². The van der Waals surface area contributed by atoms with Gasteiger partial charge in [0, 0.05) is 35.7 Å². The molecule has 0 aliphatic carbocycles. The van der Waals surface area contributed by atoms with Crippen molar-refractivity contribution in [2.24, 2.45) is 5.92 Å². The summed E-state index contributed by atoms with van der Waals surface area (Å²) >= 11 is 0. The number of hydrogen-bond acceptors (Lipinski definition) is 10. The smallest absolute Gasteiger partial charge is 0.204 e. The van der Waals surface area contributed by atoms with Crippen LogP contribution >= 0.6 is 0 Å². The third-order valence-corrected chi connectivity index (χ3v) is 7.40. The maximum absolute atomic E-state index is 14.4. The van der Waals surface area contributed by atoms with Crippen LogP contribution in [0.2, 0.25) is 0 Å². The molecule has 1 unspecified atom stereocenters. The summed E-state index contributed by atoms with van der Waals surface area (Å²) in [4.78, 5) is 28.7. The lowest BCUT2D eigenvalue weighted by Crippen LogP contribution is -2.58. The normalized spacial score (nSPS) is 17.8. The maximum atomic E-state index is 14.4. The molecule has 12 nitrogen and oxygen atoms in total. The molecule has 206 valence electrons. The number of tetrazole rings is 1. The van der Waals surface area contributed by atoms with Gasteiger partial charge in [-0.15, -0.1) is 10.2 Å². The fourth-order valence-corrected chi connectivity index (χ4v) is 5.62.